The molecule has 6 fully saturated rings. The predicted molar refractivity (Wildman–Crippen MR) is 531 cm³/mol. The van der Waals surface area contributed by atoms with Gasteiger partial charge in [-0.1, -0.05) is 98.5 Å². The number of likely N-dealkylation sites (N-methyl/N-ethyl adjacent to an activating group) is 3. The van der Waals surface area contributed by atoms with Crippen LogP contribution in [0.2, 0.25) is 0 Å². The minimum atomic E-state index is -1.27. The van der Waals surface area contributed by atoms with E-state index >= 15 is 0 Å². The van der Waals surface area contributed by atoms with E-state index in [1.54, 1.807) is 120 Å². The van der Waals surface area contributed by atoms with E-state index in [0.29, 0.717) is 133 Å². The lowest BCUT2D eigenvalue weighted by molar-refractivity contribution is -0.298. The molecule has 139 heavy (non-hydrogen) atoms. The number of hydrogen-bond acceptors (Lipinski definition) is 32. The van der Waals surface area contributed by atoms with E-state index in [9.17, 15) is 48.6 Å². The maximum absolute atomic E-state index is 14.6. The Morgan fingerprint density at radius 1 is 0.554 bits per heavy atom. The van der Waals surface area contributed by atoms with Gasteiger partial charge in [0, 0.05) is 112 Å². The summed E-state index contributed by atoms with van der Waals surface area (Å²) in [6.07, 6.45) is -1.97. The van der Waals surface area contributed by atoms with Crippen LogP contribution in [0.1, 0.15) is 225 Å². The van der Waals surface area contributed by atoms with Crippen molar-refractivity contribution in [2.75, 3.05) is 106 Å². The number of aliphatic hydroxyl groups excluding tert-OH is 2. The molecule has 2 aromatic carbocycles. The number of nitrogens with zero attached hydrogens (tertiary/aromatic N) is 11. The lowest BCUT2D eigenvalue weighted by atomic mass is 9.78. The van der Waals surface area contributed by atoms with Crippen LogP contribution in [0.3, 0.4) is 0 Å². The number of aromatic nitrogens is 6. The fraction of sp³-hybridized carbons (Fsp3) is 0.762. The molecule has 0 radical (unpaired) electrons. The predicted octanol–water partition coefficient (Wildman–Crippen LogP) is 12.5. The number of unbranched alkanes of at least 4 members (excludes halogenated alkanes) is 2. The lowest BCUT2D eigenvalue weighted by Gasteiger charge is -2.47. The van der Waals surface area contributed by atoms with Crippen LogP contribution >= 0.6 is 0 Å². The number of carbonyl (C=O) groups excluding carboxylic acids is 8. The Morgan fingerprint density at radius 3 is 1.25 bits per heavy atom. The molecule has 6 aliphatic rings. The van der Waals surface area contributed by atoms with E-state index < -0.39 is 173 Å². The van der Waals surface area contributed by atoms with Crippen LogP contribution in [0.25, 0.3) is 22.5 Å². The lowest BCUT2D eigenvalue weighted by Crippen LogP contribution is -2.61. The highest BCUT2D eigenvalue weighted by Crippen LogP contribution is 2.44. The fourth-order valence-electron chi connectivity index (χ4n) is 20.3. The summed E-state index contributed by atoms with van der Waals surface area (Å²) in [7, 11) is 14.6. The summed E-state index contributed by atoms with van der Waals surface area (Å²) in [6, 6.07) is 12.2. The number of aryl methyl sites for hydroxylation is 2. The summed E-state index contributed by atoms with van der Waals surface area (Å²) in [4.78, 5) is 119. The van der Waals surface area contributed by atoms with E-state index in [-0.39, 0.29) is 70.9 Å². The normalized spacial score (nSPS) is 32.6. The molecule has 0 bridgehead atoms. The Kier molecular flexibility index (Phi) is 43.9. The van der Waals surface area contributed by atoms with Crippen molar-refractivity contribution in [3.05, 3.63) is 60.9 Å². The molecule has 8 N–H and O–H groups in total. The van der Waals surface area contributed by atoms with Gasteiger partial charge in [-0.2, -0.15) is 0 Å². The van der Waals surface area contributed by atoms with Gasteiger partial charge in [0.25, 0.3) is 0 Å². The standard InChI is InChI=1S/C50H82N8O11.C48H78N8O11.3CH4/c1-16-39-50(10)42(58(47(63)69-50)23-18-17-22-57-29-37(53-54-57)34-20-19-21-35(24-34)52-46(62)68-48(6,7)8)33(5)51-27-30(2)26-49(9,64-15)43(31(3)40(59)32(4)44(61)66-39)67-45-41(60)38(56(13)14)25-36(65-45)28-55(11)12;1-14-37-48(10)40(56(45(61)67-48)21-16-15-20-55-27-35(52-53-55)32-18-17-19-33(22-32)51-44(60)66-46(6,7)8)31(5)50-26-28(2)24-47(9,62-13)41(29(3)38(57)30(4)42(59)64-37)65-43-39(58)36(54(11)12)23-34(25-49)63-43;;;/h19-21,24,29-33,36,38-39,41-43,45,51,60H,16-18,22-23,25-28H2,1-15H3,(H,52,62);17-19,22,27-31,34,36-37,39-41,43,50,58H,14-16,20-21,23-26,49H2,1-13H3,(H,51,60);3*1H4/t30-,31+,32-,33-,36+,38?,39-,41?,42-,43-,45+,49-,50-;28-,29+,30-,31-,34+,36?,37-,39?,40-,41-,43+,47-,48-;;;/m11.../s1. The zero-order chi connectivity index (χ0) is 101. The van der Waals surface area contributed by atoms with Crippen LogP contribution in [-0.4, -0.2) is 340 Å². The zero-order valence-corrected chi connectivity index (χ0v) is 85.8. The fourth-order valence-corrected chi connectivity index (χ4v) is 20.3. The second kappa shape index (κ2) is 51.1. The van der Waals surface area contributed by atoms with Gasteiger partial charge in [0.15, 0.2) is 35.3 Å². The molecule has 0 spiro atoms. The van der Waals surface area contributed by atoms with Crippen molar-refractivity contribution in [1.82, 2.24) is 65.1 Å². The summed E-state index contributed by atoms with van der Waals surface area (Å²) in [5.74, 6) is -6.65. The van der Waals surface area contributed by atoms with E-state index in [1.165, 1.54) is 13.8 Å². The van der Waals surface area contributed by atoms with Crippen LogP contribution in [-0.2, 0) is 89.1 Å². The molecule has 38 heteroatoms. The average molecular weight is 1960 g/mol. The number of ether oxygens (including phenoxy) is 12. The molecule has 0 saturated carbocycles. The number of nitrogens with one attached hydrogen (secondary N) is 4. The molecule has 4 unspecified atom stereocenters. The van der Waals surface area contributed by atoms with Crippen LogP contribution in [0.5, 0.6) is 0 Å². The number of amides is 4. The molecule has 788 valence electrons. The molecular formula is C101H172N16O22. The van der Waals surface area contributed by atoms with Crippen molar-refractivity contribution in [3.8, 4) is 22.5 Å². The van der Waals surface area contributed by atoms with Gasteiger partial charge < -0.3 is 98.1 Å². The van der Waals surface area contributed by atoms with Gasteiger partial charge in [-0.25, -0.2) is 19.2 Å². The number of esters is 2. The highest BCUT2D eigenvalue weighted by Gasteiger charge is 2.62. The Balaban J connectivity index is 0.000000417. The highest BCUT2D eigenvalue weighted by molar-refractivity contribution is 6.01. The molecule has 6 saturated heterocycles. The van der Waals surface area contributed by atoms with Crippen LogP contribution in [0.15, 0.2) is 60.9 Å². The van der Waals surface area contributed by atoms with Crippen LogP contribution in [0, 0.1) is 35.5 Å². The first-order chi connectivity index (χ1) is 63.7. The third kappa shape index (κ3) is 30.3. The van der Waals surface area contributed by atoms with Crippen molar-refractivity contribution >= 4 is 59.3 Å². The molecule has 4 amide bonds. The summed E-state index contributed by atoms with van der Waals surface area (Å²) < 4.78 is 78.0. The topological polar surface area (TPSA) is 440 Å². The van der Waals surface area contributed by atoms with Crippen LogP contribution in [0.4, 0.5) is 30.6 Å². The van der Waals surface area contributed by atoms with E-state index in [2.05, 4.69) is 55.7 Å². The number of nitrogens with two attached hydrogens (primary N) is 1. The minimum absolute atomic E-state index is 0. The molecule has 26 atom stereocenters. The second-order valence-corrected chi connectivity index (χ2v) is 41.9. The number of Topliss-reactive ketones (excluding diaryl/α,β-unsaturated/α-hetero) is 2. The Morgan fingerprint density at radius 2 is 0.914 bits per heavy atom. The molecule has 38 nitrogen and oxygen atoms in total. The number of cyclic esters (lactones) is 2. The van der Waals surface area contributed by atoms with Crippen molar-refractivity contribution in [2.24, 2.45) is 41.2 Å². The number of rotatable bonds is 27. The molecular weight excluding hydrogens is 1790 g/mol. The number of benzene rings is 2. The van der Waals surface area contributed by atoms with Crippen molar-refractivity contribution < 1.29 is 105 Å². The summed E-state index contributed by atoms with van der Waals surface area (Å²) in [6.45, 7) is 40.2. The van der Waals surface area contributed by atoms with Gasteiger partial charge in [-0.15, -0.1) is 10.2 Å². The summed E-state index contributed by atoms with van der Waals surface area (Å²) >= 11 is 0. The maximum Gasteiger partial charge on any atom is 0.412 e. The monoisotopic (exact) mass is 1960 g/mol. The second-order valence-electron chi connectivity index (χ2n) is 41.9. The molecule has 4 aromatic rings. The first-order valence-electron chi connectivity index (χ1n) is 48.5. The Bertz CT molecular complexity index is 4600. The van der Waals surface area contributed by atoms with Gasteiger partial charge in [0.2, 0.25) is 0 Å². The maximum atomic E-state index is 14.6. The number of anilines is 2. The number of fused-ring (bicyclic) bond motifs is 2. The zero-order valence-electron chi connectivity index (χ0n) is 85.8. The molecule has 10 rings (SSSR count). The number of ketones is 2. The molecule has 2 aromatic heterocycles. The number of methoxy groups -OCH3 is 2. The van der Waals surface area contributed by atoms with Gasteiger partial charge in [-0.3, -0.25) is 49.0 Å². The van der Waals surface area contributed by atoms with E-state index in [4.69, 9.17) is 62.6 Å². The van der Waals surface area contributed by atoms with Gasteiger partial charge in [-0.05, 0) is 253 Å². The smallest absolute Gasteiger partial charge is 0.412 e. The molecule has 0 aliphatic carbocycles. The average Bonchev–Trinajstić information content (AvgIpc) is 1.61. The van der Waals surface area contributed by atoms with Gasteiger partial charge in [0.1, 0.15) is 58.8 Å². The summed E-state index contributed by atoms with van der Waals surface area (Å²) in [5.41, 5.74) is 4.02. The number of aliphatic hydroxyl groups is 2. The first kappa shape index (κ1) is 119. The van der Waals surface area contributed by atoms with Crippen molar-refractivity contribution in [2.45, 2.75) is 369 Å². The molecule has 6 aliphatic heterocycles. The van der Waals surface area contributed by atoms with Crippen molar-refractivity contribution in [3.63, 3.8) is 0 Å². The van der Waals surface area contributed by atoms with Gasteiger partial charge in [0.05, 0.1) is 60.1 Å². The largest absolute Gasteiger partial charge is 0.458 e. The number of carbonyl (C=O) groups is 8. The van der Waals surface area contributed by atoms with Crippen molar-refractivity contribution in [1.29, 1.82) is 0 Å². The van der Waals surface area contributed by atoms with E-state index in [0.717, 1.165) is 11.1 Å². The molecule has 8 heterocycles. The van der Waals surface area contributed by atoms with E-state index in [1.807, 2.05) is 142 Å². The van der Waals surface area contributed by atoms with Crippen LogP contribution < -0.4 is 27.0 Å². The number of hydrogen-bond donors (Lipinski definition) is 7. The SMILES string of the molecule is C.C.C.CC[C@H]1OC(=O)[C@H](C)C(=O)[C@H](C)[C@@H](O[C@@H]2O[C@H](CN(C)C)CC(N(C)C)C2O)[C@](C)(OC)C[C@@H](C)CN[C@H](C)[C@H]2N(CCCCn3cc(-c4cccc(NC(=O)OC(C)(C)C)c4)nn3)C(=O)O[C@]12C.CC[C@H]1OC(=O)[C@H](C)C(=O)[C@H](C)[C@@H](O[C@@H]2O[C@H](CN)CC(N(C)C)C2O)[C@](C)(OC)C[C@@H](C)CN[C@H](C)[C@H]2N(CCCCn3cc(-c4cccc(NC(=O)OC(C)(C)C)c4)nn3)C(=O)O[C@]12C. The van der Waals surface area contributed by atoms with Gasteiger partial charge >= 0.3 is 36.3 Å². The highest BCUT2D eigenvalue weighted by atomic mass is 16.7. The Labute approximate surface area is 826 Å². The minimum Gasteiger partial charge on any atom is -0.458 e. The quantitative estimate of drug-likeness (QED) is 0.0126. The first-order valence-corrected chi connectivity index (χ1v) is 48.5. The third-order valence-corrected chi connectivity index (χ3v) is 27.5. The summed E-state index contributed by atoms with van der Waals surface area (Å²) in [5, 5.41) is 53.5. The third-order valence-electron chi connectivity index (χ3n) is 27.5. The Hall–Kier alpha value is -8.48.